The first-order chi connectivity index (χ1) is 13.8. The van der Waals surface area contributed by atoms with Crippen molar-refractivity contribution in [3.05, 3.63) is 52.2 Å². The van der Waals surface area contributed by atoms with Crippen molar-refractivity contribution in [2.75, 3.05) is 32.7 Å². The molecule has 1 aliphatic rings. The van der Waals surface area contributed by atoms with Gasteiger partial charge in [0.25, 0.3) is 0 Å². The summed E-state index contributed by atoms with van der Waals surface area (Å²) in [5.41, 5.74) is 0.456. The van der Waals surface area contributed by atoms with Gasteiger partial charge in [-0.15, -0.1) is 11.3 Å². The minimum Gasteiger partial charge on any atom is -0.340 e. The Balaban J connectivity index is 1.43. The molecule has 1 amide bonds. The molecule has 0 saturated carbocycles. The van der Waals surface area contributed by atoms with Crippen molar-refractivity contribution in [1.29, 1.82) is 0 Å². The van der Waals surface area contributed by atoms with Crippen molar-refractivity contribution in [2.45, 2.75) is 24.8 Å². The van der Waals surface area contributed by atoms with Crippen molar-refractivity contribution in [1.82, 2.24) is 14.5 Å². The Bertz CT molecular complexity index is 933. The summed E-state index contributed by atoms with van der Waals surface area (Å²) < 4.78 is 27.1. The molecule has 1 aromatic heterocycles. The molecule has 1 saturated heterocycles. The summed E-state index contributed by atoms with van der Waals surface area (Å²) in [5.74, 6) is -0.168. The summed E-state index contributed by atoms with van der Waals surface area (Å²) in [6.45, 7) is 5.32. The Morgan fingerprint density at radius 1 is 1.07 bits per heavy atom. The van der Waals surface area contributed by atoms with Gasteiger partial charge in [-0.25, -0.2) is 13.1 Å². The zero-order valence-electron chi connectivity index (χ0n) is 16.3. The number of carbonyl (C=O) groups is 2. The Hall–Kier alpha value is -2.07. The zero-order valence-corrected chi connectivity index (χ0v) is 18.0. The van der Waals surface area contributed by atoms with Crippen molar-refractivity contribution < 1.29 is 18.0 Å². The largest absolute Gasteiger partial charge is 0.340 e. The number of carbonyl (C=O) groups excluding carboxylic acids is 2. The first-order valence-corrected chi connectivity index (χ1v) is 11.8. The van der Waals surface area contributed by atoms with Crippen LogP contribution in [0.1, 0.15) is 28.6 Å². The van der Waals surface area contributed by atoms with E-state index in [-0.39, 0.29) is 29.6 Å². The maximum absolute atomic E-state index is 12.4. The van der Waals surface area contributed by atoms with Gasteiger partial charge in [0, 0.05) is 56.1 Å². The van der Waals surface area contributed by atoms with Gasteiger partial charge in [-0.2, -0.15) is 0 Å². The van der Waals surface area contributed by atoms with Crippen LogP contribution in [0, 0.1) is 0 Å². The molecule has 29 heavy (non-hydrogen) atoms. The molecule has 0 aliphatic carbocycles. The van der Waals surface area contributed by atoms with E-state index >= 15 is 0 Å². The van der Waals surface area contributed by atoms with E-state index in [1.165, 1.54) is 36.1 Å². The Morgan fingerprint density at radius 3 is 2.34 bits per heavy atom. The van der Waals surface area contributed by atoms with Gasteiger partial charge in [0.15, 0.2) is 5.78 Å². The number of amides is 1. The molecule has 3 rings (SSSR count). The first-order valence-electron chi connectivity index (χ1n) is 9.48. The Kier molecular flexibility index (Phi) is 7.18. The first kappa shape index (κ1) is 21.6. The Morgan fingerprint density at radius 2 is 1.76 bits per heavy atom. The number of ketones is 1. The average Bonchev–Trinajstić information content (AvgIpc) is 3.21. The zero-order chi connectivity index (χ0) is 20.9. The van der Waals surface area contributed by atoms with Gasteiger partial charge in [-0.1, -0.05) is 18.2 Å². The van der Waals surface area contributed by atoms with Crippen LogP contribution in [0.15, 0.2) is 46.7 Å². The van der Waals surface area contributed by atoms with Crippen LogP contribution in [0.2, 0.25) is 0 Å². The normalized spacial score (nSPS) is 15.4. The van der Waals surface area contributed by atoms with Crippen LogP contribution in [0.25, 0.3) is 0 Å². The summed E-state index contributed by atoms with van der Waals surface area (Å²) in [4.78, 5) is 29.2. The summed E-state index contributed by atoms with van der Waals surface area (Å²) in [6.07, 6.45) is 0.121. The minimum absolute atomic E-state index is 0.0459. The molecule has 2 aromatic rings. The lowest BCUT2D eigenvalue weighted by atomic mass is 10.2. The predicted molar refractivity (Wildman–Crippen MR) is 112 cm³/mol. The van der Waals surface area contributed by atoms with E-state index in [0.29, 0.717) is 18.7 Å². The highest BCUT2D eigenvalue weighted by Crippen LogP contribution is 2.14. The predicted octanol–water partition coefficient (Wildman–Crippen LogP) is 1.96. The van der Waals surface area contributed by atoms with Gasteiger partial charge < -0.3 is 4.90 Å². The highest BCUT2D eigenvalue weighted by atomic mass is 32.2. The number of thiophene rings is 1. The van der Waals surface area contributed by atoms with Crippen LogP contribution in [0.4, 0.5) is 0 Å². The lowest BCUT2D eigenvalue weighted by molar-refractivity contribution is -0.132. The van der Waals surface area contributed by atoms with Crippen LogP contribution < -0.4 is 4.72 Å². The molecule has 0 radical (unpaired) electrons. The monoisotopic (exact) mass is 435 g/mol. The van der Waals surface area contributed by atoms with Crippen molar-refractivity contribution >= 4 is 33.1 Å². The molecular weight excluding hydrogens is 410 g/mol. The smallest absolute Gasteiger partial charge is 0.240 e. The quantitative estimate of drug-likeness (QED) is 0.641. The van der Waals surface area contributed by atoms with Gasteiger partial charge in [0.2, 0.25) is 15.9 Å². The SMILES string of the molecule is CC(=O)c1ccc(S(=O)(=O)NCCC(=O)N2CCN(Cc3cccs3)CC2)cc1. The fourth-order valence-electron chi connectivity index (χ4n) is 3.18. The van der Waals surface area contributed by atoms with E-state index in [2.05, 4.69) is 21.1 Å². The number of hydrogen-bond acceptors (Lipinski definition) is 6. The second-order valence-electron chi connectivity index (χ2n) is 6.96. The molecule has 9 heteroatoms. The number of hydrogen-bond donors (Lipinski definition) is 1. The lowest BCUT2D eigenvalue weighted by Gasteiger charge is -2.34. The van der Waals surface area contributed by atoms with Crippen LogP contribution in [0.5, 0.6) is 0 Å². The number of piperazine rings is 1. The van der Waals surface area contributed by atoms with E-state index in [1.54, 1.807) is 16.2 Å². The van der Waals surface area contributed by atoms with Crippen LogP contribution in [-0.2, 0) is 21.4 Å². The number of nitrogens with one attached hydrogen (secondary N) is 1. The summed E-state index contributed by atoms with van der Waals surface area (Å²) in [7, 11) is -3.71. The molecular formula is C20H25N3O4S2. The van der Waals surface area contributed by atoms with Gasteiger partial charge in [0.05, 0.1) is 4.90 Å². The number of Topliss-reactive ketones (excluding diaryl/α,β-unsaturated/α-hetero) is 1. The number of rotatable bonds is 8. The third kappa shape index (κ3) is 5.96. The van der Waals surface area contributed by atoms with Crippen LogP contribution in [-0.4, -0.2) is 62.6 Å². The number of sulfonamides is 1. The number of benzene rings is 1. The molecule has 0 spiro atoms. The highest BCUT2D eigenvalue weighted by Gasteiger charge is 2.22. The maximum Gasteiger partial charge on any atom is 0.240 e. The molecule has 7 nitrogen and oxygen atoms in total. The average molecular weight is 436 g/mol. The molecule has 156 valence electrons. The van der Waals surface area contributed by atoms with Gasteiger partial charge in [-0.05, 0) is 30.5 Å². The third-order valence-corrected chi connectivity index (χ3v) is 7.22. The number of nitrogens with zero attached hydrogens (tertiary/aromatic N) is 2. The third-order valence-electron chi connectivity index (χ3n) is 4.89. The fraction of sp³-hybridized carbons (Fsp3) is 0.400. The second kappa shape index (κ2) is 9.62. The molecule has 1 fully saturated rings. The highest BCUT2D eigenvalue weighted by molar-refractivity contribution is 7.89. The second-order valence-corrected chi connectivity index (χ2v) is 9.76. The fourth-order valence-corrected chi connectivity index (χ4v) is 4.96. The van der Waals surface area contributed by atoms with E-state index in [9.17, 15) is 18.0 Å². The van der Waals surface area contributed by atoms with Gasteiger partial charge in [0.1, 0.15) is 0 Å². The van der Waals surface area contributed by atoms with Gasteiger partial charge >= 0.3 is 0 Å². The van der Waals surface area contributed by atoms with Crippen LogP contribution >= 0.6 is 11.3 Å². The standard InChI is InChI=1S/C20H25N3O4S2/c1-16(24)17-4-6-19(7-5-17)29(26,27)21-9-8-20(25)23-12-10-22(11-13-23)15-18-3-2-14-28-18/h2-7,14,21H,8-13,15H2,1H3. The van der Waals surface area contributed by atoms with E-state index < -0.39 is 10.0 Å². The molecule has 1 N–H and O–H groups in total. The summed E-state index contributed by atoms with van der Waals surface area (Å²) in [6, 6.07) is 9.91. The van der Waals surface area contributed by atoms with Crippen molar-refractivity contribution in [2.24, 2.45) is 0 Å². The van der Waals surface area contributed by atoms with Crippen molar-refractivity contribution in [3.63, 3.8) is 0 Å². The topological polar surface area (TPSA) is 86.8 Å². The van der Waals surface area contributed by atoms with Crippen molar-refractivity contribution in [3.8, 4) is 0 Å². The molecule has 0 bridgehead atoms. The lowest BCUT2D eigenvalue weighted by Crippen LogP contribution is -2.48. The molecule has 2 heterocycles. The molecule has 0 unspecified atom stereocenters. The molecule has 1 aromatic carbocycles. The summed E-state index contributed by atoms with van der Waals surface area (Å²) >= 11 is 1.73. The summed E-state index contributed by atoms with van der Waals surface area (Å²) in [5, 5.41) is 2.06. The van der Waals surface area contributed by atoms with Crippen LogP contribution in [0.3, 0.4) is 0 Å². The van der Waals surface area contributed by atoms with E-state index in [1.807, 2.05) is 6.07 Å². The molecule has 1 aliphatic heterocycles. The molecule has 0 atom stereocenters. The minimum atomic E-state index is -3.71. The van der Waals surface area contributed by atoms with Gasteiger partial charge in [-0.3, -0.25) is 14.5 Å². The Labute approximate surface area is 175 Å². The van der Waals surface area contributed by atoms with E-state index in [4.69, 9.17) is 0 Å². The van der Waals surface area contributed by atoms with E-state index in [0.717, 1.165) is 19.6 Å². The maximum atomic E-state index is 12.4.